The fraction of sp³-hybridized carbons (Fsp3) is 0.778. The highest BCUT2D eigenvalue weighted by molar-refractivity contribution is 7.91. The minimum absolute atomic E-state index is 0.295. The zero-order valence-corrected chi connectivity index (χ0v) is 8.65. The third-order valence-electron chi connectivity index (χ3n) is 2.40. The van der Waals surface area contributed by atoms with Crippen molar-refractivity contribution in [3.05, 3.63) is 12.2 Å². The second-order valence-corrected chi connectivity index (χ2v) is 5.99. The van der Waals surface area contributed by atoms with Crippen LogP contribution in [0.2, 0.25) is 0 Å². The van der Waals surface area contributed by atoms with Gasteiger partial charge in [0.1, 0.15) is 0 Å². The van der Waals surface area contributed by atoms with E-state index < -0.39 is 9.84 Å². The molecule has 0 saturated carbocycles. The first-order valence-corrected chi connectivity index (χ1v) is 6.43. The first kappa shape index (κ1) is 10.7. The molecule has 13 heavy (non-hydrogen) atoms. The van der Waals surface area contributed by atoms with Gasteiger partial charge in [0.15, 0.2) is 9.84 Å². The number of hydrogen-bond acceptors (Lipinski definition) is 3. The van der Waals surface area contributed by atoms with Crippen LogP contribution in [0, 0.1) is 5.92 Å². The molecule has 1 fully saturated rings. The Hall–Kier alpha value is -0.350. The first-order chi connectivity index (χ1) is 6.03. The van der Waals surface area contributed by atoms with E-state index in [0.717, 1.165) is 24.8 Å². The minimum Gasteiger partial charge on any atom is -0.330 e. The molecule has 1 saturated heterocycles. The SMILES string of the molecule is C=C(CCN)CC1CCS(=O)(=O)C1. The van der Waals surface area contributed by atoms with Crippen molar-refractivity contribution in [1.29, 1.82) is 0 Å². The van der Waals surface area contributed by atoms with Crippen molar-refractivity contribution >= 4 is 9.84 Å². The Morgan fingerprint density at radius 3 is 2.69 bits per heavy atom. The topological polar surface area (TPSA) is 60.2 Å². The van der Waals surface area contributed by atoms with E-state index in [2.05, 4.69) is 6.58 Å². The van der Waals surface area contributed by atoms with Crippen molar-refractivity contribution < 1.29 is 8.42 Å². The molecule has 3 nitrogen and oxygen atoms in total. The second-order valence-electron chi connectivity index (χ2n) is 3.76. The van der Waals surface area contributed by atoms with Gasteiger partial charge in [0.25, 0.3) is 0 Å². The third-order valence-corrected chi connectivity index (χ3v) is 4.24. The van der Waals surface area contributed by atoms with Crippen LogP contribution in [0.1, 0.15) is 19.3 Å². The lowest BCUT2D eigenvalue weighted by atomic mass is 9.98. The standard InChI is InChI=1S/C9H17NO2S/c1-8(2-4-10)6-9-3-5-13(11,12)7-9/h9H,1-7,10H2. The summed E-state index contributed by atoms with van der Waals surface area (Å²) >= 11 is 0. The van der Waals surface area contributed by atoms with Gasteiger partial charge in [0.2, 0.25) is 0 Å². The van der Waals surface area contributed by atoms with Crippen LogP contribution in [0.3, 0.4) is 0 Å². The number of nitrogens with two attached hydrogens (primary N) is 1. The largest absolute Gasteiger partial charge is 0.330 e. The van der Waals surface area contributed by atoms with E-state index in [1.807, 2.05) is 0 Å². The van der Waals surface area contributed by atoms with Crippen LogP contribution in [0.25, 0.3) is 0 Å². The Morgan fingerprint density at radius 2 is 2.23 bits per heavy atom. The second kappa shape index (κ2) is 4.24. The lowest BCUT2D eigenvalue weighted by Gasteiger charge is -2.08. The van der Waals surface area contributed by atoms with Crippen LogP contribution in [0.15, 0.2) is 12.2 Å². The van der Waals surface area contributed by atoms with E-state index in [4.69, 9.17) is 5.73 Å². The van der Waals surface area contributed by atoms with Crippen LogP contribution in [0.5, 0.6) is 0 Å². The van der Waals surface area contributed by atoms with Crippen molar-refractivity contribution in [2.45, 2.75) is 19.3 Å². The van der Waals surface area contributed by atoms with Gasteiger partial charge in [0, 0.05) is 0 Å². The normalized spacial score (nSPS) is 26.1. The molecule has 0 aromatic rings. The average Bonchev–Trinajstić information content (AvgIpc) is 2.30. The van der Waals surface area contributed by atoms with Crippen molar-refractivity contribution in [3.8, 4) is 0 Å². The first-order valence-electron chi connectivity index (χ1n) is 4.60. The molecular weight excluding hydrogens is 186 g/mol. The predicted octanol–water partition coefficient (Wildman–Crippen LogP) is 0.716. The number of sulfone groups is 1. The van der Waals surface area contributed by atoms with Crippen molar-refractivity contribution in [3.63, 3.8) is 0 Å². The van der Waals surface area contributed by atoms with Crippen LogP contribution < -0.4 is 5.73 Å². The molecule has 0 spiro atoms. The Labute approximate surface area is 79.9 Å². The summed E-state index contributed by atoms with van der Waals surface area (Å²) in [6.07, 6.45) is 2.44. The zero-order valence-electron chi connectivity index (χ0n) is 7.83. The van der Waals surface area contributed by atoms with Crippen LogP contribution in [0.4, 0.5) is 0 Å². The summed E-state index contributed by atoms with van der Waals surface area (Å²) in [6.45, 7) is 4.49. The van der Waals surface area contributed by atoms with Gasteiger partial charge in [-0.2, -0.15) is 0 Å². The molecule has 1 rings (SSSR count). The monoisotopic (exact) mass is 203 g/mol. The quantitative estimate of drug-likeness (QED) is 0.685. The Kier molecular flexibility index (Phi) is 3.50. The molecule has 1 aliphatic rings. The molecule has 1 heterocycles. The Balaban J connectivity index is 2.36. The lowest BCUT2D eigenvalue weighted by molar-refractivity contribution is 0.573. The van der Waals surface area contributed by atoms with Gasteiger partial charge in [-0.25, -0.2) is 8.42 Å². The van der Waals surface area contributed by atoms with Crippen molar-refractivity contribution in [1.82, 2.24) is 0 Å². The van der Waals surface area contributed by atoms with E-state index in [0.29, 0.717) is 24.0 Å². The van der Waals surface area contributed by atoms with Gasteiger partial charge in [-0.1, -0.05) is 12.2 Å². The highest BCUT2D eigenvalue weighted by Gasteiger charge is 2.27. The lowest BCUT2D eigenvalue weighted by Crippen LogP contribution is -2.07. The van der Waals surface area contributed by atoms with E-state index in [1.165, 1.54) is 0 Å². The van der Waals surface area contributed by atoms with E-state index in [1.54, 1.807) is 0 Å². The van der Waals surface area contributed by atoms with Crippen molar-refractivity contribution in [2.24, 2.45) is 11.7 Å². The predicted molar refractivity (Wildman–Crippen MR) is 54.2 cm³/mol. The number of rotatable bonds is 4. The van der Waals surface area contributed by atoms with Crippen LogP contribution in [-0.4, -0.2) is 26.5 Å². The molecule has 0 bridgehead atoms. The zero-order chi connectivity index (χ0) is 9.90. The summed E-state index contributed by atoms with van der Waals surface area (Å²) in [4.78, 5) is 0. The molecule has 76 valence electrons. The molecule has 0 aliphatic carbocycles. The molecule has 1 unspecified atom stereocenters. The van der Waals surface area contributed by atoms with Gasteiger partial charge in [-0.15, -0.1) is 0 Å². The van der Waals surface area contributed by atoms with E-state index in [-0.39, 0.29) is 0 Å². The fourth-order valence-corrected chi connectivity index (χ4v) is 3.61. The number of hydrogen-bond donors (Lipinski definition) is 1. The van der Waals surface area contributed by atoms with Crippen LogP contribution >= 0.6 is 0 Å². The average molecular weight is 203 g/mol. The molecule has 0 aromatic heterocycles. The summed E-state index contributed by atoms with van der Waals surface area (Å²) in [5.74, 6) is 0.994. The van der Waals surface area contributed by atoms with E-state index in [9.17, 15) is 8.42 Å². The minimum atomic E-state index is -2.73. The molecule has 0 radical (unpaired) electrons. The van der Waals surface area contributed by atoms with Gasteiger partial charge < -0.3 is 5.73 Å². The molecular formula is C9H17NO2S. The summed E-state index contributed by atoms with van der Waals surface area (Å²) in [6, 6.07) is 0. The van der Waals surface area contributed by atoms with Gasteiger partial charge in [0.05, 0.1) is 11.5 Å². The maximum absolute atomic E-state index is 11.1. The molecule has 0 amide bonds. The molecule has 1 atom stereocenters. The van der Waals surface area contributed by atoms with Gasteiger partial charge in [-0.05, 0) is 31.7 Å². The van der Waals surface area contributed by atoms with E-state index >= 15 is 0 Å². The molecule has 1 aliphatic heterocycles. The van der Waals surface area contributed by atoms with Gasteiger partial charge in [-0.3, -0.25) is 0 Å². The fourth-order valence-electron chi connectivity index (χ4n) is 1.75. The molecule has 2 N–H and O–H groups in total. The summed E-state index contributed by atoms with van der Waals surface area (Å²) in [7, 11) is -2.73. The molecule has 4 heteroatoms. The molecule has 0 aromatic carbocycles. The summed E-state index contributed by atoms with van der Waals surface area (Å²) in [5, 5.41) is 0. The summed E-state index contributed by atoms with van der Waals surface area (Å²) in [5.41, 5.74) is 6.47. The maximum atomic E-state index is 11.1. The summed E-state index contributed by atoms with van der Waals surface area (Å²) < 4.78 is 22.3. The Bertz CT molecular complexity index is 282. The maximum Gasteiger partial charge on any atom is 0.150 e. The van der Waals surface area contributed by atoms with Crippen molar-refractivity contribution in [2.75, 3.05) is 18.1 Å². The smallest absolute Gasteiger partial charge is 0.150 e. The highest BCUT2D eigenvalue weighted by Crippen LogP contribution is 2.25. The highest BCUT2D eigenvalue weighted by atomic mass is 32.2. The van der Waals surface area contributed by atoms with Gasteiger partial charge >= 0.3 is 0 Å². The Morgan fingerprint density at radius 1 is 1.54 bits per heavy atom. The van der Waals surface area contributed by atoms with Crippen LogP contribution in [-0.2, 0) is 9.84 Å². The third kappa shape index (κ3) is 3.48.